The molecule has 0 saturated carbocycles. The molecule has 4 heteroatoms. The molecule has 2 aliphatic heterocycles. The number of carbonyl (C=O) groups is 1. The number of carbonyl (C=O) groups excluding carboxylic acids is 1. The van der Waals surface area contributed by atoms with Crippen LogP contribution in [-0.2, 0) is 9.53 Å². The van der Waals surface area contributed by atoms with E-state index in [0.717, 1.165) is 30.9 Å². The second-order valence-electron chi connectivity index (χ2n) is 6.73. The van der Waals surface area contributed by atoms with Crippen LogP contribution in [0.3, 0.4) is 0 Å². The minimum absolute atomic E-state index is 0.00973. The first-order valence-corrected chi connectivity index (χ1v) is 8.38. The zero-order valence-electron chi connectivity index (χ0n) is 13.2. The number of aliphatic hydroxyl groups is 1. The zero-order chi connectivity index (χ0) is 15.5. The molecule has 0 radical (unpaired) electrons. The third-order valence-electron chi connectivity index (χ3n) is 5.49. The Morgan fingerprint density at radius 2 is 1.91 bits per heavy atom. The minimum atomic E-state index is -0.563. The highest BCUT2D eigenvalue weighted by molar-refractivity contribution is 5.78. The summed E-state index contributed by atoms with van der Waals surface area (Å²) in [6.07, 6.45) is 5.61. The fraction of sp³-hybridized carbons (Fsp3) is 0.611. The fourth-order valence-corrected chi connectivity index (χ4v) is 4.04. The third-order valence-corrected chi connectivity index (χ3v) is 5.49. The minimum Gasteiger partial charge on any atom is -0.462 e. The number of ether oxygens (including phenoxy) is 1. The van der Waals surface area contributed by atoms with Gasteiger partial charge in [0.2, 0.25) is 0 Å². The van der Waals surface area contributed by atoms with E-state index in [2.05, 4.69) is 7.05 Å². The van der Waals surface area contributed by atoms with Crippen LogP contribution in [0.15, 0.2) is 30.3 Å². The van der Waals surface area contributed by atoms with Crippen LogP contribution in [0.25, 0.3) is 0 Å². The number of quaternary nitrogens is 1. The Kier molecular flexibility index (Phi) is 4.79. The number of aliphatic hydroxyl groups excluding tert-OH is 1. The van der Waals surface area contributed by atoms with Crippen LogP contribution in [0.1, 0.15) is 43.6 Å². The summed E-state index contributed by atoms with van der Waals surface area (Å²) in [5.74, 6) is -0.846. The van der Waals surface area contributed by atoms with Crippen LogP contribution >= 0.6 is 0 Å². The van der Waals surface area contributed by atoms with Crippen LogP contribution in [0, 0.1) is 0 Å². The Hall–Kier alpha value is -1.39. The molecular formula is C18H26NO3+. The SMILES string of the molecule is C[NH+]1[C@@H]2CC[C@H](OC(=O)[C@@H](CO)c3ccccc3)C[C@H]1CC2. The van der Waals surface area contributed by atoms with Crippen molar-refractivity contribution in [2.75, 3.05) is 13.7 Å². The van der Waals surface area contributed by atoms with Crippen LogP contribution in [0.4, 0.5) is 0 Å². The van der Waals surface area contributed by atoms with Crippen LogP contribution in [-0.4, -0.2) is 42.9 Å². The predicted molar refractivity (Wildman–Crippen MR) is 83.7 cm³/mol. The highest BCUT2D eigenvalue weighted by Gasteiger charge is 2.40. The lowest BCUT2D eigenvalue weighted by atomic mass is 9.97. The molecule has 1 aromatic carbocycles. The lowest BCUT2D eigenvalue weighted by Gasteiger charge is -2.22. The van der Waals surface area contributed by atoms with Crippen molar-refractivity contribution in [3.63, 3.8) is 0 Å². The molecule has 2 saturated heterocycles. The summed E-state index contributed by atoms with van der Waals surface area (Å²) in [6.45, 7) is -0.202. The summed E-state index contributed by atoms with van der Waals surface area (Å²) in [6, 6.07) is 10.8. The number of rotatable bonds is 4. The van der Waals surface area contributed by atoms with Crippen molar-refractivity contribution in [1.29, 1.82) is 0 Å². The van der Waals surface area contributed by atoms with E-state index in [1.807, 2.05) is 30.3 Å². The van der Waals surface area contributed by atoms with Gasteiger partial charge in [0.25, 0.3) is 0 Å². The van der Waals surface area contributed by atoms with Crippen molar-refractivity contribution >= 4 is 5.97 Å². The van der Waals surface area contributed by atoms with Crippen molar-refractivity contribution in [3.05, 3.63) is 35.9 Å². The van der Waals surface area contributed by atoms with Gasteiger partial charge in [0.1, 0.15) is 12.0 Å². The summed E-state index contributed by atoms with van der Waals surface area (Å²) in [4.78, 5) is 14.1. The molecule has 0 spiro atoms. The smallest absolute Gasteiger partial charge is 0.316 e. The number of benzene rings is 1. The summed E-state index contributed by atoms with van der Waals surface area (Å²) in [5, 5.41) is 9.58. The average Bonchev–Trinajstić information content (AvgIpc) is 2.77. The maximum atomic E-state index is 12.5. The lowest BCUT2D eigenvalue weighted by molar-refractivity contribution is -0.916. The van der Waals surface area contributed by atoms with Gasteiger partial charge in [0, 0.05) is 25.7 Å². The van der Waals surface area contributed by atoms with Gasteiger partial charge in [-0.2, -0.15) is 0 Å². The van der Waals surface area contributed by atoms with Crippen LogP contribution < -0.4 is 4.90 Å². The van der Waals surface area contributed by atoms with Crippen molar-refractivity contribution in [2.24, 2.45) is 0 Å². The van der Waals surface area contributed by atoms with Crippen molar-refractivity contribution in [3.8, 4) is 0 Å². The summed E-state index contributed by atoms with van der Waals surface area (Å²) >= 11 is 0. The van der Waals surface area contributed by atoms with E-state index >= 15 is 0 Å². The first-order chi connectivity index (χ1) is 10.7. The number of hydrogen-bond donors (Lipinski definition) is 2. The summed E-state index contributed by atoms with van der Waals surface area (Å²) < 4.78 is 5.77. The second-order valence-corrected chi connectivity index (χ2v) is 6.73. The van der Waals surface area contributed by atoms with Gasteiger partial charge in [-0.3, -0.25) is 4.79 Å². The monoisotopic (exact) mass is 304 g/mol. The summed E-state index contributed by atoms with van der Waals surface area (Å²) in [5.41, 5.74) is 0.827. The number of hydrogen-bond acceptors (Lipinski definition) is 3. The molecule has 0 aliphatic carbocycles. The van der Waals surface area contributed by atoms with Gasteiger partial charge in [0.05, 0.1) is 25.7 Å². The molecular weight excluding hydrogens is 278 g/mol. The molecule has 0 aromatic heterocycles. The standard InChI is InChI=1S/C18H25NO3/c1-19-14-7-8-15(19)11-16(10-9-14)22-18(21)17(12-20)13-5-3-2-4-6-13/h2-6,14-17,20H,7-12H2,1H3/p+1/t14-,15+,16-,17-/m0/s1. The zero-order valence-corrected chi connectivity index (χ0v) is 13.2. The maximum absolute atomic E-state index is 12.5. The van der Waals surface area contributed by atoms with E-state index in [0.29, 0.717) is 6.04 Å². The number of fused-ring (bicyclic) bond motifs is 2. The molecule has 0 amide bonds. The van der Waals surface area contributed by atoms with Gasteiger partial charge < -0.3 is 14.7 Å². The van der Waals surface area contributed by atoms with E-state index in [4.69, 9.17) is 4.74 Å². The Labute approximate surface area is 132 Å². The molecule has 1 aromatic rings. The van der Waals surface area contributed by atoms with Gasteiger partial charge in [-0.1, -0.05) is 30.3 Å². The Bertz CT molecular complexity index is 504. The number of esters is 1. The first kappa shape index (κ1) is 15.5. The Morgan fingerprint density at radius 3 is 2.64 bits per heavy atom. The molecule has 22 heavy (non-hydrogen) atoms. The topological polar surface area (TPSA) is 51.0 Å². The third kappa shape index (κ3) is 3.18. The fourth-order valence-electron chi connectivity index (χ4n) is 4.04. The molecule has 1 unspecified atom stereocenters. The molecule has 5 atom stereocenters. The predicted octanol–water partition coefficient (Wildman–Crippen LogP) is 0.904. The molecule has 2 bridgehead atoms. The average molecular weight is 304 g/mol. The highest BCUT2D eigenvalue weighted by Crippen LogP contribution is 2.25. The van der Waals surface area contributed by atoms with E-state index < -0.39 is 5.92 Å². The maximum Gasteiger partial charge on any atom is 0.316 e. The van der Waals surface area contributed by atoms with Crippen molar-refractivity contribution in [1.82, 2.24) is 0 Å². The molecule has 120 valence electrons. The molecule has 2 heterocycles. The molecule has 2 fully saturated rings. The van der Waals surface area contributed by atoms with Gasteiger partial charge in [-0.05, 0) is 12.0 Å². The van der Waals surface area contributed by atoms with Gasteiger partial charge in [0.15, 0.2) is 0 Å². The van der Waals surface area contributed by atoms with E-state index in [9.17, 15) is 9.90 Å². The summed E-state index contributed by atoms with van der Waals surface area (Å²) in [7, 11) is 2.27. The normalized spacial score (nSPS) is 32.3. The largest absolute Gasteiger partial charge is 0.462 e. The lowest BCUT2D eigenvalue weighted by Crippen LogP contribution is -3.14. The Morgan fingerprint density at radius 1 is 1.23 bits per heavy atom. The van der Waals surface area contributed by atoms with Crippen molar-refractivity contribution in [2.45, 2.75) is 56.2 Å². The van der Waals surface area contributed by atoms with Crippen molar-refractivity contribution < 1.29 is 19.5 Å². The van der Waals surface area contributed by atoms with E-state index in [1.165, 1.54) is 12.8 Å². The van der Waals surface area contributed by atoms with E-state index in [-0.39, 0.29) is 18.7 Å². The highest BCUT2D eigenvalue weighted by atomic mass is 16.5. The van der Waals surface area contributed by atoms with Gasteiger partial charge >= 0.3 is 5.97 Å². The first-order valence-electron chi connectivity index (χ1n) is 8.38. The number of nitrogens with one attached hydrogen (secondary N) is 1. The quantitative estimate of drug-likeness (QED) is 0.813. The second kappa shape index (κ2) is 6.80. The Balaban J connectivity index is 1.63. The molecule has 3 rings (SSSR count). The van der Waals surface area contributed by atoms with Crippen LogP contribution in [0.2, 0.25) is 0 Å². The van der Waals surface area contributed by atoms with Gasteiger partial charge in [-0.25, -0.2) is 0 Å². The van der Waals surface area contributed by atoms with Crippen LogP contribution in [0.5, 0.6) is 0 Å². The van der Waals surface area contributed by atoms with Gasteiger partial charge in [-0.15, -0.1) is 0 Å². The molecule has 4 nitrogen and oxygen atoms in total. The molecule has 2 aliphatic rings. The molecule has 2 N–H and O–H groups in total. The van der Waals surface area contributed by atoms with E-state index in [1.54, 1.807) is 4.90 Å².